The first-order valence-corrected chi connectivity index (χ1v) is 11.1. The highest BCUT2D eigenvalue weighted by Crippen LogP contribution is 2.48. The number of fused-ring (bicyclic) bond motifs is 1. The number of nitrogens with zero attached hydrogens (tertiary/aromatic N) is 1. The molecule has 1 heterocycles. The Hall–Kier alpha value is -2.52. The summed E-state index contributed by atoms with van der Waals surface area (Å²) in [5.41, 5.74) is 1.72. The molecule has 0 saturated carbocycles. The van der Waals surface area contributed by atoms with Crippen molar-refractivity contribution in [2.45, 2.75) is 22.1 Å². The van der Waals surface area contributed by atoms with Crippen molar-refractivity contribution in [3.8, 4) is 6.07 Å². The molecule has 0 fully saturated rings. The van der Waals surface area contributed by atoms with Gasteiger partial charge in [0.25, 0.3) is 0 Å². The normalized spacial score (nSPS) is 22.2. The number of nitriles is 1. The number of benzene rings is 3. The topological polar surface area (TPSA) is 70.0 Å². The molecule has 4 nitrogen and oxygen atoms in total. The summed E-state index contributed by atoms with van der Waals surface area (Å²) in [6.45, 7) is 0. The Morgan fingerprint density at radius 2 is 1.62 bits per heavy atom. The molecule has 0 bridgehead atoms. The maximum Gasteiger partial charge on any atom is 0.202 e. The lowest BCUT2D eigenvalue weighted by atomic mass is 9.87. The summed E-state index contributed by atoms with van der Waals surface area (Å²) in [6, 6.07) is 21.8. The van der Waals surface area contributed by atoms with E-state index in [1.165, 1.54) is 6.07 Å². The van der Waals surface area contributed by atoms with Crippen molar-refractivity contribution < 1.29 is 8.42 Å². The van der Waals surface area contributed by atoms with Gasteiger partial charge in [-0.2, -0.15) is 5.26 Å². The van der Waals surface area contributed by atoms with E-state index in [2.05, 4.69) is 11.4 Å². The van der Waals surface area contributed by atoms with Gasteiger partial charge < -0.3 is 5.32 Å². The quantitative estimate of drug-likeness (QED) is 0.585. The third-order valence-electron chi connectivity index (χ3n) is 5.23. The number of para-hydroxylation sites is 1. The van der Waals surface area contributed by atoms with Crippen molar-refractivity contribution in [3.05, 3.63) is 94.0 Å². The molecule has 3 aromatic carbocycles. The second-order valence-corrected chi connectivity index (χ2v) is 9.92. The SMILES string of the molecule is N#CC1(Cc2ccccc2Cl)C(c2ccc(Cl)cc2)Nc2ccccc2S1(=O)=O. The van der Waals surface area contributed by atoms with Crippen LogP contribution in [-0.2, 0) is 16.3 Å². The fraction of sp³-hybridized carbons (Fsp3) is 0.136. The molecule has 0 radical (unpaired) electrons. The van der Waals surface area contributed by atoms with Crippen LogP contribution in [0.1, 0.15) is 17.2 Å². The zero-order chi connectivity index (χ0) is 20.6. The molecule has 2 unspecified atom stereocenters. The van der Waals surface area contributed by atoms with Gasteiger partial charge in [-0.25, -0.2) is 8.42 Å². The van der Waals surface area contributed by atoms with Crippen molar-refractivity contribution in [1.82, 2.24) is 0 Å². The van der Waals surface area contributed by atoms with Crippen molar-refractivity contribution in [3.63, 3.8) is 0 Å². The van der Waals surface area contributed by atoms with E-state index < -0.39 is 20.6 Å². The molecule has 0 aromatic heterocycles. The molecule has 0 spiro atoms. The summed E-state index contributed by atoms with van der Waals surface area (Å²) < 4.78 is 25.8. The number of hydrogen-bond acceptors (Lipinski definition) is 4. The van der Waals surface area contributed by atoms with Crippen LogP contribution in [0.5, 0.6) is 0 Å². The van der Waals surface area contributed by atoms with Crippen LogP contribution in [0.3, 0.4) is 0 Å². The van der Waals surface area contributed by atoms with Gasteiger partial charge in [0.15, 0.2) is 4.75 Å². The molecule has 0 aliphatic carbocycles. The van der Waals surface area contributed by atoms with E-state index in [0.717, 1.165) is 0 Å². The van der Waals surface area contributed by atoms with Gasteiger partial charge in [-0.15, -0.1) is 0 Å². The van der Waals surface area contributed by atoms with Gasteiger partial charge in [0.2, 0.25) is 9.84 Å². The number of rotatable bonds is 3. The maximum atomic E-state index is 13.8. The molecule has 1 aliphatic rings. The molecule has 1 aliphatic heterocycles. The number of halogens is 2. The van der Waals surface area contributed by atoms with Crippen molar-refractivity contribution in [1.29, 1.82) is 5.26 Å². The lowest BCUT2D eigenvalue weighted by Gasteiger charge is -2.40. The number of nitrogens with one attached hydrogen (secondary N) is 1. The van der Waals surface area contributed by atoms with Gasteiger partial charge in [0.1, 0.15) is 0 Å². The third kappa shape index (κ3) is 3.18. The Bertz CT molecular complexity index is 1220. The average molecular weight is 443 g/mol. The minimum atomic E-state index is -4.03. The molecule has 4 rings (SSSR count). The standard InChI is InChI=1S/C22H16Cl2N2O2S/c23-17-11-9-15(10-12-17)21-22(14-25,13-16-5-1-2-6-18(16)24)29(27,28)20-8-4-3-7-19(20)26-21/h1-12,21,26H,13H2. The van der Waals surface area contributed by atoms with E-state index in [1.54, 1.807) is 66.7 Å². The summed E-state index contributed by atoms with van der Waals surface area (Å²) in [5, 5.41) is 14.5. The minimum Gasteiger partial charge on any atom is -0.374 e. The van der Waals surface area contributed by atoms with E-state index in [0.29, 0.717) is 26.9 Å². The summed E-state index contributed by atoms with van der Waals surface area (Å²) >= 11 is 12.4. The Labute approximate surface area is 179 Å². The van der Waals surface area contributed by atoms with Gasteiger partial charge in [0.05, 0.1) is 22.7 Å². The fourth-order valence-corrected chi connectivity index (χ4v) is 6.10. The highest BCUT2D eigenvalue weighted by Gasteiger charge is 2.56. The molecule has 2 atom stereocenters. The summed E-state index contributed by atoms with van der Waals surface area (Å²) in [4.78, 5) is 0.110. The summed E-state index contributed by atoms with van der Waals surface area (Å²) in [5.74, 6) is 0. The molecule has 7 heteroatoms. The van der Waals surface area contributed by atoms with Gasteiger partial charge in [-0.05, 0) is 41.5 Å². The Balaban J connectivity index is 1.98. The first-order chi connectivity index (χ1) is 13.9. The highest BCUT2D eigenvalue weighted by molar-refractivity contribution is 7.93. The van der Waals surface area contributed by atoms with Crippen LogP contribution >= 0.6 is 23.2 Å². The second-order valence-electron chi connectivity index (χ2n) is 6.90. The van der Waals surface area contributed by atoms with E-state index in [-0.39, 0.29) is 11.3 Å². The van der Waals surface area contributed by atoms with Crippen LogP contribution in [0.15, 0.2) is 77.7 Å². The highest BCUT2D eigenvalue weighted by atomic mass is 35.5. The first-order valence-electron chi connectivity index (χ1n) is 8.89. The van der Waals surface area contributed by atoms with Gasteiger partial charge >= 0.3 is 0 Å². The van der Waals surface area contributed by atoms with E-state index >= 15 is 0 Å². The van der Waals surface area contributed by atoms with Crippen LogP contribution in [0, 0.1) is 11.3 Å². The lowest BCUT2D eigenvalue weighted by molar-refractivity contribution is 0.509. The van der Waals surface area contributed by atoms with Crippen LogP contribution < -0.4 is 5.32 Å². The molecule has 0 saturated heterocycles. The zero-order valence-corrected chi connectivity index (χ0v) is 17.5. The number of anilines is 1. The van der Waals surface area contributed by atoms with Crippen LogP contribution in [-0.4, -0.2) is 13.2 Å². The smallest absolute Gasteiger partial charge is 0.202 e. The predicted molar refractivity (Wildman–Crippen MR) is 115 cm³/mol. The molecular weight excluding hydrogens is 427 g/mol. The van der Waals surface area contributed by atoms with Crippen LogP contribution in [0.2, 0.25) is 10.0 Å². The fourth-order valence-electron chi connectivity index (χ4n) is 3.74. The zero-order valence-electron chi connectivity index (χ0n) is 15.1. The Morgan fingerprint density at radius 3 is 2.31 bits per heavy atom. The molecule has 0 amide bonds. The number of sulfone groups is 1. The third-order valence-corrected chi connectivity index (χ3v) is 8.21. The van der Waals surface area contributed by atoms with Gasteiger partial charge in [-0.1, -0.05) is 65.7 Å². The van der Waals surface area contributed by atoms with Crippen molar-refractivity contribution >= 4 is 38.7 Å². The Kier molecular flexibility index (Phi) is 5.04. The molecular formula is C22H16Cl2N2O2S. The lowest BCUT2D eigenvalue weighted by Crippen LogP contribution is -2.51. The molecule has 146 valence electrons. The van der Waals surface area contributed by atoms with E-state index in [1.807, 2.05) is 0 Å². The van der Waals surface area contributed by atoms with Crippen LogP contribution in [0.4, 0.5) is 5.69 Å². The summed E-state index contributed by atoms with van der Waals surface area (Å²) in [7, 11) is -4.03. The van der Waals surface area contributed by atoms with Crippen LogP contribution in [0.25, 0.3) is 0 Å². The largest absolute Gasteiger partial charge is 0.374 e. The predicted octanol–water partition coefficient (Wildman–Crippen LogP) is 5.44. The van der Waals surface area contributed by atoms with Crippen molar-refractivity contribution in [2.75, 3.05) is 5.32 Å². The van der Waals surface area contributed by atoms with E-state index in [4.69, 9.17) is 23.2 Å². The number of hydrogen-bond donors (Lipinski definition) is 1. The second kappa shape index (κ2) is 7.38. The molecule has 3 aromatic rings. The average Bonchev–Trinajstić information content (AvgIpc) is 2.72. The molecule has 1 N–H and O–H groups in total. The van der Waals surface area contributed by atoms with E-state index in [9.17, 15) is 13.7 Å². The Morgan fingerprint density at radius 1 is 0.966 bits per heavy atom. The summed E-state index contributed by atoms with van der Waals surface area (Å²) in [6.07, 6.45) is -0.0554. The first kappa shape index (κ1) is 19.8. The van der Waals surface area contributed by atoms with Crippen molar-refractivity contribution in [2.24, 2.45) is 0 Å². The van der Waals surface area contributed by atoms with Gasteiger partial charge in [0, 0.05) is 16.5 Å². The maximum absolute atomic E-state index is 13.8. The monoisotopic (exact) mass is 442 g/mol. The van der Waals surface area contributed by atoms with Gasteiger partial charge in [-0.3, -0.25) is 0 Å². The molecule has 29 heavy (non-hydrogen) atoms. The minimum absolute atomic E-state index is 0.0554.